The minimum Gasteiger partial charge on any atom is -0.462 e. The van der Waals surface area contributed by atoms with E-state index in [4.69, 9.17) is 9.29 Å². The minimum absolute atomic E-state index is 0.130. The van der Waals surface area contributed by atoms with Crippen molar-refractivity contribution in [1.82, 2.24) is 0 Å². The maximum absolute atomic E-state index is 13.4. The number of rotatable bonds is 8. The zero-order valence-corrected chi connectivity index (χ0v) is 15.2. The molecule has 2 bridgehead atoms. The molecule has 0 radical (unpaired) electrons. The Kier molecular flexibility index (Phi) is 5.86. The Morgan fingerprint density at radius 2 is 1.74 bits per heavy atom. The van der Waals surface area contributed by atoms with E-state index < -0.39 is 52.1 Å². The van der Waals surface area contributed by atoms with Gasteiger partial charge in [-0.3, -0.25) is 9.35 Å². The number of alkyl halides is 5. The molecule has 0 aliphatic heterocycles. The molecule has 2 saturated carbocycles. The quantitative estimate of drug-likeness (QED) is 0.353. The first-order valence-electron chi connectivity index (χ1n) is 8.37. The molecule has 0 spiro atoms. The largest absolute Gasteiger partial charge is 0.462 e. The summed E-state index contributed by atoms with van der Waals surface area (Å²) in [5.74, 6) is -9.17. The number of hydrogen-bond donors (Lipinski definition) is 2. The highest BCUT2D eigenvalue weighted by atomic mass is 32.2. The second-order valence-electron chi connectivity index (χ2n) is 7.57. The first kappa shape index (κ1) is 22.3. The van der Waals surface area contributed by atoms with Gasteiger partial charge in [0.2, 0.25) is 5.85 Å². The Morgan fingerprint density at radius 1 is 1.15 bits per heavy atom. The van der Waals surface area contributed by atoms with E-state index in [0.29, 0.717) is 19.3 Å². The van der Waals surface area contributed by atoms with Crippen molar-refractivity contribution in [2.24, 2.45) is 17.8 Å². The Morgan fingerprint density at radius 3 is 2.22 bits per heavy atom. The van der Waals surface area contributed by atoms with Crippen LogP contribution in [-0.4, -0.2) is 47.2 Å². The molecule has 2 N–H and O–H groups in total. The lowest BCUT2D eigenvalue weighted by atomic mass is 9.82. The maximum atomic E-state index is 13.4. The molecule has 0 heterocycles. The number of fused-ring (bicyclic) bond motifs is 2. The molecule has 5 unspecified atom stereocenters. The van der Waals surface area contributed by atoms with Gasteiger partial charge in [-0.2, -0.15) is 26.0 Å². The van der Waals surface area contributed by atoms with Gasteiger partial charge in [-0.1, -0.05) is 0 Å². The summed E-state index contributed by atoms with van der Waals surface area (Å²) in [5.41, 5.74) is 0. The Labute approximate surface area is 152 Å². The van der Waals surface area contributed by atoms with E-state index in [0.717, 1.165) is 6.92 Å². The number of esters is 1. The molecule has 0 saturated heterocycles. The highest BCUT2D eigenvalue weighted by molar-refractivity contribution is 7.87. The van der Waals surface area contributed by atoms with Gasteiger partial charge in [0.15, 0.2) is 0 Å². The molecule has 2 aliphatic carbocycles. The van der Waals surface area contributed by atoms with Crippen LogP contribution >= 0.6 is 0 Å². The number of carbonyl (C=O) groups is 1. The normalized spacial score (nSPS) is 31.0. The molecule has 6 nitrogen and oxygen atoms in total. The lowest BCUT2D eigenvalue weighted by Crippen LogP contribution is -2.47. The van der Waals surface area contributed by atoms with Gasteiger partial charge in [-0.05, 0) is 43.9 Å². The summed E-state index contributed by atoms with van der Waals surface area (Å²) < 4.78 is 101. The number of ether oxygens (including phenoxy) is 1. The fraction of sp³-hybridized carbons (Fsp3) is 0.933. The monoisotopic (exact) mass is 424 g/mol. The van der Waals surface area contributed by atoms with E-state index in [-0.39, 0.29) is 24.2 Å². The molecule has 158 valence electrons. The predicted octanol–water partition coefficient (Wildman–Crippen LogP) is 2.91. The van der Waals surface area contributed by atoms with Crippen LogP contribution in [0.2, 0.25) is 0 Å². The van der Waals surface area contributed by atoms with Crippen molar-refractivity contribution < 1.29 is 49.6 Å². The highest BCUT2D eigenvalue weighted by Gasteiger charge is 2.65. The van der Waals surface area contributed by atoms with Crippen molar-refractivity contribution in [2.45, 2.75) is 68.6 Å². The molecule has 2 aliphatic rings. The molecule has 2 rings (SSSR count). The second-order valence-corrected chi connectivity index (χ2v) is 9.03. The van der Waals surface area contributed by atoms with Gasteiger partial charge in [0, 0.05) is 12.8 Å². The molecule has 0 aromatic heterocycles. The van der Waals surface area contributed by atoms with Crippen molar-refractivity contribution in [3.63, 3.8) is 0 Å². The topological polar surface area (TPSA) is 101 Å². The van der Waals surface area contributed by atoms with Crippen LogP contribution < -0.4 is 0 Å². The molecule has 2 fully saturated rings. The summed E-state index contributed by atoms with van der Waals surface area (Å²) >= 11 is 0. The van der Waals surface area contributed by atoms with E-state index in [1.165, 1.54) is 0 Å². The number of hydrogen-bond acceptors (Lipinski definition) is 5. The van der Waals surface area contributed by atoms with Gasteiger partial charge in [-0.25, -0.2) is 4.39 Å². The lowest BCUT2D eigenvalue weighted by Gasteiger charge is -2.31. The molecule has 5 atom stereocenters. The fourth-order valence-corrected chi connectivity index (χ4v) is 4.58. The van der Waals surface area contributed by atoms with Gasteiger partial charge in [-0.15, -0.1) is 0 Å². The first-order valence-corrected chi connectivity index (χ1v) is 9.81. The molecule has 0 aromatic rings. The molecule has 12 heteroatoms. The van der Waals surface area contributed by atoms with Crippen LogP contribution in [0, 0.1) is 17.8 Å². The summed E-state index contributed by atoms with van der Waals surface area (Å²) in [6, 6.07) is 0. The zero-order chi connectivity index (χ0) is 20.8. The van der Waals surface area contributed by atoms with Gasteiger partial charge in [0.05, 0.1) is 6.42 Å². The van der Waals surface area contributed by atoms with Crippen molar-refractivity contribution in [2.75, 3.05) is 0 Å². The molecular formula is C15H21F5O6S. The number of carbonyl (C=O) groups excluding carboxylic acids is 1. The van der Waals surface area contributed by atoms with Gasteiger partial charge in [0.1, 0.15) is 6.10 Å². The van der Waals surface area contributed by atoms with E-state index in [2.05, 4.69) is 0 Å². The average Bonchev–Trinajstić information content (AvgIpc) is 3.01. The Bertz CT molecular complexity index is 675. The minimum atomic E-state index is -6.36. The summed E-state index contributed by atoms with van der Waals surface area (Å²) in [6.07, 6.45) is -2.19. The van der Waals surface area contributed by atoms with Crippen LogP contribution in [-0.2, 0) is 19.6 Å². The van der Waals surface area contributed by atoms with E-state index in [1.807, 2.05) is 0 Å². The third kappa shape index (κ3) is 4.89. The SMILES string of the molecule is CC(O)(F)CC1CC2CC(OC(=O)CCC(F)(F)C(F)(F)S(=O)(=O)O)C1C2. The van der Waals surface area contributed by atoms with Gasteiger partial charge in [0.25, 0.3) is 0 Å². The Hall–Kier alpha value is -1.01. The fourth-order valence-electron chi connectivity index (χ4n) is 4.10. The highest BCUT2D eigenvalue weighted by Crippen LogP contribution is 2.52. The lowest BCUT2D eigenvalue weighted by molar-refractivity contribution is -0.174. The predicted molar refractivity (Wildman–Crippen MR) is 81.2 cm³/mol. The van der Waals surface area contributed by atoms with Crippen LogP contribution in [0.4, 0.5) is 22.0 Å². The zero-order valence-electron chi connectivity index (χ0n) is 14.4. The average molecular weight is 424 g/mol. The van der Waals surface area contributed by atoms with Gasteiger partial charge >= 0.3 is 27.3 Å². The first-order chi connectivity index (χ1) is 12.0. The summed E-state index contributed by atoms with van der Waals surface area (Å²) in [7, 11) is -6.36. The van der Waals surface area contributed by atoms with Crippen LogP contribution in [0.1, 0.15) is 45.4 Å². The van der Waals surface area contributed by atoms with E-state index in [9.17, 15) is 40.3 Å². The molecule has 0 amide bonds. The third-order valence-corrected chi connectivity index (χ3v) is 6.15. The number of halogens is 5. The van der Waals surface area contributed by atoms with Crippen molar-refractivity contribution in [3.05, 3.63) is 0 Å². The smallest absolute Gasteiger partial charge is 0.431 e. The van der Waals surface area contributed by atoms with Crippen LogP contribution in [0.3, 0.4) is 0 Å². The Balaban J connectivity index is 1.91. The van der Waals surface area contributed by atoms with Crippen molar-refractivity contribution >= 4 is 16.1 Å². The van der Waals surface area contributed by atoms with Crippen LogP contribution in [0.15, 0.2) is 0 Å². The summed E-state index contributed by atoms with van der Waals surface area (Å²) in [6.45, 7) is 0.997. The summed E-state index contributed by atoms with van der Waals surface area (Å²) in [4.78, 5) is 11.8. The summed E-state index contributed by atoms with van der Waals surface area (Å²) in [5, 5.41) is 3.56. The van der Waals surface area contributed by atoms with E-state index >= 15 is 0 Å². The second kappa shape index (κ2) is 7.11. The standard InChI is InChI=1S/C15H21F5O6S/c1-13(16,22)7-9-4-8-5-10(9)11(6-8)26-12(21)2-3-14(17,18)15(19,20)27(23,24)25/h8-11,22H,2-7H2,1H3,(H,23,24,25). The molecule has 0 aromatic carbocycles. The van der Waals surface area contributed by atoms with Gasteiger partial charge < -0.3 is 9.84 Å². The third-order valence-electron chi connectivity index (χ3n) is 5.20. The molecular weight excluding hydrogens is 403 g/mol. The van der Waals surface area contributed by atoms with Crippen LogP contribution in [0.5, 0.6) is 0 Å². The molecule has 27 heavy (non-hydrogen) atoms. The van der Waals surface area contributed by atoms with Crippen molar-refractivity contribution in [3.8, 4) is 0 Å². The maximum Gasteiger partial charge on any atom is 0.431 e. The van der Waals surface area contributed by atoms with Crippen LogP contribution in [0.25, 0.3) is 0 Å². The van der Waals surface area contributed by atoms with Crippen molar-refractivity contribution in [1.29, 1.82) is 0 Å². The number of aliphatic hydroxyl groups is 1. The van der Waals surface area contributed by atoms with E-state index in [1.54, 1.807) is 0 Å².